The van der Waals surface area contributed by atoms with Crippen LogP contribution in [0.15, 0.2) is 11.6 Å². The molecule has 0 bridgehead atoms. The summed E-state index contributed by atoms with van der Waals surface area (Å²) in [5.41, 5.74) is 0. The van der Waals surface area contributed by atoms with E-state index in [1.807, 2.05) is 11.6 Å². The van der Waals surface area contributed by atoms with E-state index in [2.05, 4.69) is 29.0 Å². The van der Waals surface area contributed by atoms with Gasteiger partial charge in [0, 0.05) is 30.7 Å². The molecule has 96 valence electrons. The number of hydrogen-bond donors (Lipinski definition) is 1. The molecular weight excluding hydrogens is 230 g/mol. The van der Waals surface area contributed by atoms with Crippen LogP contribution in [0, 0.1) is 5.92 Å². The normalized spacial score (nSPS) is 23.8. The van der Waals surface area contributed by atoms with E-state index < -0.39 is 0 Å². The summed E-state index contributed by atoms with van der Waals surface area (Å²) in [7, 11) is 0. The first-order valence-corrected chi connectivity index (χ1v) is 7.51. The second kappa shape index (κ2) is 6.47. The largest absolute Gasteiger partial charge is 0.308 e. The lowest BCUT2D eigenvalue weighted by Gasteiger charge is -2.35. The van der Waals surface area contributed by atoms with Crippen molar-refractivity contribution in [3.05, 3.63) is 16.6 Å². The molecule has 0 aromatic carbocycles. The summed E-state index contributed by atoms with van der Waals surface area (Å²) in [5.74, 6) is 0.795. The van der Waals surface area contributed by atoms with Gasteiger partial charge in [-0.1, -0.05) is 6.92 Å². The van der Waals surface area contributed by atoms with Crippen molar-refractivity contribution in [1.29, 1.82) is 0 Å². The maximum Gasteiger partial charge on any atom is 0.106 e. The summed E-state index contributed by atoms with van der Waals surface area (Å²) in [6.45, 7) is 9.22. The van der Waals surface area contributed by atoms with E-state index in [1.165, 1.54) is 37.5 Å². The van der Waals surface area contributed by atoms with Crippen LogP contribution in [-0.4, -0.2) is 35.6 Å². The van der Waals surface area contributed by atoms with E-state index >= 15 is 0 Å². The Bertz CT molecular complexity index is 312. The Morgan fingerprint density at radius 2 is 2.53 bits per heavy atom. The summed E-state index contributed by atoms with van der Waals surface area (Å²) in [6.07, 6.45) is 4.59. The quantitative estimate of drug-likeness (QED) is 0.873. The molecule has 2 rings (SSSR count). The molecule has 1 N–H and O–H groups in total. The Labute approximate surface area is 108 Å². The molecule has 1 aliphatic heterocycles. The first-order valence-electron chi connectivity index (χ1n) is 6.63. The smallest absolute Gasteiger partial charge is 0.106 e. The highest BCUT2D eigenvalue weighted by Gasteiger charge is 2.23. The molecule has 1 fully saturated rings. The number of nitrogens with zero attached hydrogens (tertiary/aromatic N) is 2. The average Bonchev–Trinajstić information content (AvgIpc) is 2.89. The number of hydrogen-bond acceptors (Lipinski definition) is 4. The molecule has 4 heteroatoms. The van der Waals surface area contributed by atoms with Crippen molar-refractivity contribution in [2.24, 2.45) is 5.92 Å². The van der Waals surface area contributed by atoms with Crippen LogP contribution < -0.4 is 5.32 Å². The van der Waals surface area contributed by atoms with Crippen molar-refractivity contribution >= 4 is 11.3 Å². The molecule has 0 amide bonds. The van der Waals surface area contributed by atoms with Gasteiger partial charge in [0.05, 0.1) is 0 Å². The van der Waals surface area contributed by atoms with Crippen LogP contribution in [0.25, 0.3) is 0 Å². The standard InChI is InChI=1S/C13H23N3S/c1-3-16-7-4-5-12(10-16)11(2)15-9-13-14-6-8-17-13/h6,8,11-12,15H,3-5,7,9-10H2,1-2H3. The van der Waals surface area contributed by atoms with Gasteiger partial charge in [-0.25, -0.2) is 4.98 Å². The molecule has 2 unspecified atom stereocenters. The van der Waals surface area contributed by atoms with Gasteiger partial charge in [-0.05, 0) is 38.8 Å². The second-order valence-electron chi connectivity index (χ2n) is 4.89. The van der Waals surface area contributed by atoms with Crippen LogP contribution in [0.2, 0.25) is 0 Å². The third kappa shape index (κ3) is 3.76. The van der Waals surface area contributed by atoms with E-state index in [1.54, 1.807) is 11.3 Å². The first-order chi connectivity index (χ1) is 8.29. The Morgan fingerprint density at radius 1 is 1.65 bits per heavy atom. The maximum absolute atomic E-state index is 4.31. The molecule has 1 aliphatic rings. The van der Waals surface area contributed by atoms with E-state index in [-0.39, 0.29) is 0 Å². The van der Waals surface area contributed by atoms with Crippen LogP contribution >= 0.6 is 11.3 Å². The highest BCUT2D eigenvalue weighted by Crippen LogP contribution is 2.19. The van der Waals surface area contributed by atoms with E-state index in [9.17, 15) is 0 Å². The zero-order chi connectivity index (χ0) is 12.1. The second-order valence-corrected chi connectivity index (χ2v) is 5.87. The van der Waals surface area contributed by atoms with Crippen molar-refractivity contribution in [2.75, 3.05) is 19.6 Å². The molecular formula is C13H23N3S. The fraction of sp³-hybridized carbons (Fsp3) is 0.769. The number of likely N-dealkylation sites (tertiary alicyclic amines) is 1. The van der Waals surface area contributed by atoms with Crippen LogP contribution in [0.4, 0.5) is 0 Å². The summed E-state index contributed by atoms with van der Waals surface area (Å²) < 4.78 is 0. The molecule has 0 saturated carbocycles. The number of aromatic nitrogens is 1. The first kappa shape index (κ1) is 13.0. The Balaban J connectivity index is 1.76. The van der Waals surface area contributed by atoms with Gasteiger partial charge >= 0.3 is 0 Å². The SMILES string of the molecule is CCN1CCCC(C(C)NCc2nccs2)C1. The molecule has 2 heterocycles. The van der Waals surface area contributed by atoms with Crippen molar-refractivity contribution in [1.82, 2.24) is 15.2 Å². The Kier molecular flexibility index (Phi) is 4.95. The third-order valence-corrected chi connectivity index (χ3v) is 4.53. The molecule has 0 radical (unpaired) electrons. The fourth-order valence-electron chi connectivity index (χ4n) is 2.54. The molecule has 3 nitrogen and oxygen atoms in total. The van der Waals surface area contributed by atoms with Crippen LogP contribution in [0.5, 0.6) is 0 Å². The van der Waals surface area contributed by atoms with Gasteiger partial charge < -0.3 is 10.2 Å². The highest BCUT2D eigenvalue weighted by atomic mass is 32.1. The van der Waals surface area contributed by atoms with Gasteiger partial charge in [0.15, 0.2) is 0 Å². The molecule has 1 aromatic heterocycles. The van der Waals surface area contributed by atoms with Crippen LogP contribution in [-0.2, 0) is 6.54 Å². The van der Waals surface area contributed by atoms with Crippen LogP contribution in [0.1, 0.15) is 31.7 Å². The van der Waals surface area contributed by atoms with E-state index in [4.69, 9.17) is 0 Å². The fourth-order valence-corrected chi connectivity index (χ4v) is 3.11. The molecule has 0 spiro atoms. The van der Waals surface area contributed by atoms with Gasteiger partial charge in [-0.15, -0.1) is 11.3 Å². The predicted octanol–water partition coefficient (Wildman–Crippen LogP) is 2.35. The Hall–Kier alpha value is -0.450. The van der Waals surface area contributed by atoms with Crippen molar-refractivity contribution < 1.29 is 0 Å². The predicted molar refractivity (Wildman–Crippen MR) is 73.3 cm³/mol. The molecule has 2 atom stereocenters. The lowest BCUT2D eigenvalue weighted by Crippen LogP contribution is -2.44. The zero-order valence-electron chi connectivity index (χ0n) is 10.9. The van der Waals surface area contributed by atoms with Gasteiger partial charge in [-0.3, -0.25) is 0 Å². The maximum atomic E-state index is 4.31. The van der Waals surface area contributed by atoms with Gasteiger partial charge in [0.25, 0.3) is 0 Å². The third-order valence-electron chi connectivity index (χ3n) is 3.76. The zero-order valence-corrected chi connectivity index (χ0v) is 11.7. The molecule has 0 aliphatic carbocycles. The lowest BCUT2D eigenvalue weighted by molar-refractivity contribution is 0.157. The number of rotatable bonds is 5. The molecule has 1 aromatic rings. The minimum absolute atomic E-state index is 0.591. The number of nitrogens with one attached hydrogen (secondary N) is 1. The van der Waals surface area contributed by atoms with Gasteiger partial charge in [0.2, 0.25) is 0 Å². The topological polar surface area (TPSA) is 28.2 Å². The average molecular weight is 253 g/mol. The van der Waals surface area contributed by atoms with Crippen molar-refractivity contribution in [3.63, 3.8) is 0 Å². The Morgan fingerprint density at radius 3 is 3.24 bits per heavy atom. The van der Waals surface area contributed by atoms with Gasteiger partial charge in [0.1, 0.15) is 5.01 Å². The minimum Gasteiger partial charge on any atom is -0.308 e. The number of piperidine rings is 1. The van der Waals surface area contributed by atoms with Crippen molar-refractivity contribution in [3.8, 4) is 0 Å². The van der Waals surface area contributed by atoms with Crippen molar-refractivity contribution in [2.45, 2.75) is 39.3 Å². The summed E-state index contributed by atoms with van der Waals surface area (Å²) in [5, 5.41) is 6.86. The molecule has 1 saturated heterocycles. The summed E-state index contributed by atoms with van der Waals surface area (Å²) in [6, 6.07) is 0.591. The summed E-state index contributed by atoms with van der Waals surface area (Å²) in [4.78, 5) is 6.88. The van der Waals surface area contributed by atoms with E-state index in [0.717, 1.165) is 12.5 Å². The monoisotopic (exact) mass is 253 g/mol. The molecule has 17 heavy (non-hydrogen) atoms. The van der Waals surface area contributed by atoms with Gasteiger partial charge in [-0.2, -0.15) is 0 Å². The number of thiazole rings is 1. The highest BCUT2D eigenvalue weighted by molar-refractivity contribution is 7.09. The summed E-state index contributed by atoms with van der Waals surface area (Å²) >= 11 is 1.73. The lowest BCUT2D eigenvalue weighted by atomic mass is 9.91. The van der Waals surface area contributed by atoms with E-state index in [0.29, 0.717) is 6.04 Å². The van der Waals surface area contributed by atoms with Crippen LogP contribution in [0.3, 0.4) is 0 Å². The minimum atomic E-state index is 0.591.